The number of hydrogen-bond acceptors (Lipinski definition) is 3. The van der Waals surface area contributed by atoms with Crippen molar-refractivity contribution in [2.24, 2.45) is 0 Å². The minimum atomic E-state index is -0.348. The molecule has 1 amide bonds. The number of carbonyl (C=O) groups is 1. The molecule has 120 valence electrons. The van der Waals surface area contributed by atoms with Crippen LogP contribution in [0.3, 0.4) is 0 Å². The van der Waals surface area contributed by atoms with Gasteiger partial charge in [-0.3, -0.25) is 9.59 Å². The van der Waals surface area contributed by atoms with Gasteiger partial charge in [-0.15, -0.1) is 0 Å². The second-order valence-corrected chi connectivity index (χ2v) is 6.09. The van der Waals surface area contributed by atoms with Crippen LogP contribution in [0, 0.1) is 0 Å². The monoisotopic (exact) mass is 319 g/mol. The van der Waals surface area contributed by atoms with Crippen molar-refractivity contribution >= 4 is 16.9 Å². The quantitative estimate of drug-likeness (QED) is 0.785. The van der Waals surface area contributed by atoms with Crippen LogP contribution in [-0.2, 0) is 6.42 Å². The SMILES string of the molecule is O=C(N[C@@H]1CCCc2ccccc21)c1cc(=O)c2ccccc2o1. The lowest BCUT2D eigenvalue weighted by molar-refractivity contribution is 0.0905. The molecule has 4 heteroatoms. The number of benzene rings is 2. The predicted octanol–water partition coefficient (Wildman–Crippen LogP) is 3.60. The summed E-state index contributed by atoms with van der Waals surface area (Å²) in [6.45, 7) is 0. The normalized spacial score (nSPS) is 16.6. The van der Waals surface area contributed by atoms with Gasteiger partial charge in [-0.2, -0.15) is 0 Å². The van der Waals surface area contributed by atoms with Crippen LogP contribution < -0.4 is 10.7 Å². The average molecular weight is 319 g/mol. The van der Waals surface area contributed by atoms with Crippen LogP contribution in [0.25, 0.3) is 11.0 Å². The van der Waals surface area contributed by atoms with E-state index in [-0.39, 0.29) is 23.1 Å². The zero-order chi connectivity index (χ0) is 16.5. The Bertz CT molecular complexity index is 974. The number of amides is 1. The van der Waals surface area contributed by atoms with Gasteiger partial charge in [-0.25, -0.2) is 0 Å². The van der Waals surface area contributed by atoms with Crippen LogP contribution in [0.5, 0.6) is 0 Å². The second-order valence-electron chi connectivity index (χ2n) is 6.09. The highest BCUT2D eigenvalue weighted by Crippen LogP contribution is 2.29. The number of para-hydroxylation sites is 1. The van der Waals surface area contributed by atoms with Crippen LogP contribution in [-0.4, -0.2) is 5.91 Å². The number of carbonyl (C=O) groups excluding carboxylic acids is 1. The Labute approximate surface area is 139 Å². The summed E-state index contributed by atoms with van der Waals surface area (Å²) in [5.41, 5.74) is 2.65. The highest BCUT2D eigenvalue weighted by atomic mass is 16.3. The van der Waals surface area contributed by atoms with Crippen molar-refractivity contribution < 1.29 is 9.21 Å². The molecule has 1 aliphatic rings. The van der Waals surface area contributed by atoms with E-state index >= 15 is 0 Å². The van der Waals surface area contributed by atoms with E-state index in [9.17, 15) is 9.59 Å². The van der Waals surface area contributed by atoms with Gasteiger partial charge in [0.1, 0.15) is 5.58 Å². The van der Waals surface area contributed by atoms with Gasteiger partial charge in [0.25, 0.3) is 5.91 Å². The van der Waals surface area contributed by atoms with E-state index in [1.807, 2.05) is 12.1 Å². The molecule has 1 N–H and O–H groups in total. The Morgan fingerprint density at radius 1 is 1.08 bits per heavy atom. The average Bonchev–Trinajstić information content (AvgIpc) is 2.62. The van der Waals surface area contributed by atoms with Crippen LogP contribution >= 0.6 is 0 Å². The van der Waals surface area contributed by atoms with Gasteiger partial charge in [-0.05, 0) is 42.5 Å². The van der Waals surface area contributed by atoms with Crippen LogP contribution in [0.4, 0.5) is 0 Å². The highest BCUT2D eigenvalue weighted by Gasteiger charge is 2.23. The molecule has 0 fully saturated rings. The molecule has 0 saturated carbocycles. The van der Waals surface area contributed by atoms with E-state index in [2.05, 4.69) is 17.4 Å². The van der Waals surface area contributed by atoms with Gasteiger partial charge in [0.05, 0.1) is 11.4 Å². The topological polar surface area (TPSA) is 59.3 Å². The minimum absolute atomic E-state index is 0.0424. The summed E-state index contributed by atoms with van der Waals surface area (Å²) in [5.74, 6) is -0.290. The Morgan fingerprint density at radius 3 is 2.79 bits per heavy atom. The molecule has 4 rings (SSSR count). The second kappa shape index (κ2) is 5.96. The molecule has 2 aromatic carbocycles. The van der Waals surface area contributed by atoms with Crippen molar-refractivity contribution in [2.45, 2.75) is 25.3 Å². The lowest BCUT2D eigenvalue weighted by atomic mass is 9.88. The molecule has 0 saturated heterocycles. The molecule has 0 spiro atoms. The third kappa shape index (κ3) is 2.60. The molecular formula is C20H17NO3. The maximum Gasteiger partial charge on any atom is 0.287 e. The standard InChI is InChI=1S/C20H17NO3/c22-17-12-19(24-18-11-4-3-9-15(17)18)20(23)21-16-10-5-7-13-6-1-2-8-14(13)16/h1-4,6,8-9,11-12,16H,5,7,10H2,(H,21,23)/t16-/m1/s1. The summed E-state index contributed by atoms with van der Waals surface area (Å²) < 4.78 is 5.62. The number of fused-ring (bicyclic) bond motifs is 2. The lowest BCUT2D eigenvalue weighted by Gasteiger charge is -2.26. The zero-order valence-electron chi connectivity index (χ0n) is 13.1. The van der Waals surface area contributed by atoms with Crippen LogP contribution in [0.2, 0.25) is 0 Å². The molecule has 0 unspecified atom stereocenters. The molecule has 4 nitrogen and oxygen atoms in total. The number of nitrogens with one attached hydrogen (secondary N) is 1. The van der Waals surface area contributed by atoms with Gasteiger partial charge in [0.15, 0.2) is 11.2 Å². The van der Waals surface area contributed by atoms with Crippen molar-refractivity contribution in [1.82, 2.24) is 5.32 Å². The molecular weight excluding hydrogens is 302 g/mol. The van der Waals surface area contributed by atoms with E-state index in [0.717, 1.165) is 24.8 Å². The van der Waals surface area contributed by atoms with E-state index < -0.39 is 0 Å². The zero-order valence-corrected chi connectivity index (χ0v) is 13.1. The Balaban J connectivity index is 1.65. The van der Waals surface area contributed by atoms with E-state index in [0.29, 0.717) is 11.0 Å². The number of aryl methyl sites for hydroxylation is 1. The molecule has 3 aromatic rings. The predicted molar refractivity (Wildman–Crippen MR) is 92.1 cm³/mol. The van der Waals surface area contributed by atoms with E-state index in [1.54, 1.807) is 24.3 Å². The van der Waals surface area contributed by atoms with Crippen molar-refractivity contribution in [3.63, 3.8) is 0 Å². The van der Waals surface area contributed by atoms with E-state index in [4.69, 9.17) is 4.42 Å². The molecule has 0 bridgehead atoms. The Kier molecular flexibility index (Phi) is 3.65. The van der Waals surface area contributed by atoms with Gasteiger partial charge in [0, 0.05) is 6.07 Å². The number of hydrogen-bond donors (Lipinski definition) is 1. The highest BCUT2D eigenvalue weighted by molar-refractivity contribution is 5.93. The maximum atomic E-state index is 12.6. The molecule has 0 aliphatic heterocycles. The third-order valence-electron chi connectivity index (χ3n) is 4.53. The number of rotatable bonds is 2. The van der Waals surface area contributed by atoms with Crippen LogP contribution in [0.1, 0.15) is 40.6 Å². The summed E-state index contributed by atoms with van der Waals surface area (Å²) in [6.07, 6.45) is 2.96. The van der Waals surface area contributed by atoms with Crippen molar-refractivity contribution in [3.8, 4) is 0 Å². The van der Waals surface area contributed by atoms with E-state index in [1.165, 1.54) is 11.6 Å². The van der Waals surface area contributed by atoms with Crippen LogP contribution in [0.15, 0.2) is 63.8 Å². The van der Waals surface area contributed by atoms with Crippen molar-refractivity contribution in [3.05, 3.63) is 81.7 Å². The molecule has 1 atom stereocenters. The Hall–Kier alpha value is -2.88. The van der Waals surface area contributed by atoms with Gasteiger partial charge >= 0.3 is 0 Å². The largest absolute Gasteiger partial charge is 0.451 e. The van der Waals surface area contributed by atoms with Gasteiger partial charge in [0.2, 0.25) is 0 Å². The smallest absolute Gasteiger partial charge is 0.287 e. The fraction of sp³-hybridized carbons (Fsp3) is 0.200. The fourth-order valence-corrected chi connectivity index (χ4v) is 3.35. The Morgan fingerprint density at radius 2 is 1.88 bits per heavy atom. The molecule has 0 radical (unpaired) electrons. The first-order chi connectivity index (χ1) is 11.7. The summed E-state index contributed by atoms with van der Waals surface area (Å²) in [7, 11) is 0. The summed E-state index contributed by atoms with van der Waals surface area (Å²) >= 11 is 0. The van der Waals surface area contributed by atoms with Crippen molar-refractivity contribution in [1.29, 1.82) is 0 Å². The third-order valence-corrected chi connectivity index (χ3v) is 4.53. The first-order valence-electron chi connectivity index (χ1n) is 8.14. The molecule has 1 aromatic heterocycles. The molecule has 1 heterocycles. The fourth-order valence-electron chi connectivity index (χ4n) is 3.35. The summed E-state index contributed by atoms with van der Waals surface area (Å²) in [4.78, 5) is 24.7. The van der Waals surface area contributed by atoms with Gasteiger partial charge in [-0.1, -0.05) is 36.4 Å². The first-order valence-corrected chi connectivity index (χ1v) is 8.14. The minimum Gasteiger partial charge on any atom is -0.451 e. The maximum absolute atomic E-state index is 12.6. The first kappa shape index (κ1) is 14.7. The lowest BCUT2D eigenvalue weighted by Crippen LogP contribution is -2.31. The van der Waals surface area contributed by atoms with Crippen molar-refractivity contribution in [2.75, 3.05) is 0 Å². The summed E-state index contributed by atoms with van der Waals surface area (Å²) in [6, 6.07) is 16.3. The summed E-state index contributed by atoms with van der Waals surface area (Å²) in [5, 5.41) is 3.50. The molecule has 1 aliphatic carbocycles. The van der Waals surface area contributed by atoms with Gasteiger partial charge < -0.3 is 9.73 Å². The molecule has 24 heavy (non-hydrogen) atoms.